The molecule has 0 unspecified atom stereocenters. The second-order valence-corrected chi connectivity index (χ2v) is 4.52. The van der Waals surface area contributed by atoms with Gasteiger partial charge in [-0.2, -0.15) is 0 Å². The highest BCUT2D eigenvalue weighted by molar-refractivity contribution is 6.35. The third-order valence-electron chi connectivity index (χ3n) is 2.45. The molecule has 0 bridgehead atoms. The minimum Gasteiger partial charge on any atom is -0.379 e. The quantitative estimate of drug-likeness (QED) is 0.848. The Bertz CT molecular complexity index is 553. The van der Waals surface area contributed by atoms with Gasteiger partial charge in [0.2, 0.25) is 0 Å². The Morgan fingerprint density at radius 1 is 1.00 bits per heavy atom. The van der Waals surface area contributed by atoms with Crippen molar-refractivity contribution in [2.75, 3.05) is 5.32 Å². The van der Waals surface area contributed by atoms with Gasteiger partial charge in [-0.25, -0.2) is 8.78 Å². The normalized spacial score (nSPS) is 10.4. The highest BCUT2D eigenvalue weighted by Gasteiger charge is 2.09. The van der Waals surface area contributed by atoms with Crippen molar-refractivity contribution < 1.29 is 8.78 Å². The molecule has 2 aromatic rings. The number of nitrogens with one attached hydrogen (secondary N) is 1. The van der Waals surface area contributed by atoms with E-state index in [-0.39, 0.29) is 12.1 Å². The molecule has 0 aliphatic carbocycles. The van der Waals surface area contributed by atoms with Gasteiger partial charge in [0.15, 0.2) is 0 Å². The van der Waals surface area contributed by atoms with Gasteiger partial charge in [-0.05, 0) is 30.3 Å². The highest BCUT2D eigenvalue weighted by atomic mass is 35.5. The zero-order valence-electron chi connectivity index (χ0n) is 9.18. The summed E-state index contributed by atoms with van der Waals surface area (Å²) in [6.45, 7) is -0.00142. The fourth-order valence-electron chi connectivity index (χ4n) is 1.52. The molecule has 0 aliphatic rings. The summed E-state index contributed by atoms with van der Waals surface area (Å²) in [5.74, 6) is -1.19. The maximum absolute atomic E-state index is 13.4. The van der Waals surface area contributed by atoms with Crippen molar-refractivity contribution in [3.8, 4) is 0 Å². The van der Waals surface area contributed by atoms with Crippen molar-refractivity contribution in [3.05, 3.63) is 63.6 Å². The Morgan fingerprint density at radius 2 is 1.67 bits per heavy atom. The predicted molar refractivity (Wildman–Crippen MR) is 70.1 cm³/mol. The Labute approximate surface area is 113 Å². The lowest BCUT2D eigenvalue weighted by Crippen LogP contribution is -2.04. The lowest BCUT2D eigenvalue weighted by Gasteiger charge is -2.10. The monoisotopic (exact) mass is 287 g/mol. The van der Waals surface area contributed by atoms with Crippen molar-refractivity contribution >= 4 is 28.9 Å². The summed E-state index contributed by atoms with van der Waals surface area (Å²) in [4.78, 5) is 0. The Kier molecular flexibility index (Phi) is 4.04. The zero-order valence-corrected chi connectivity index (χ0v) is 10.7. The van der Waals surface area contributed by atoms with Crippen molar-refractivity contribution in [3.63, 3.8) is 0 Å². The lowest BCUT2D eigenvalue weighted by molar-refractivity contribution is 0.560. The standard InChI is InChI=1S/C13H9Cl2F2N/c14-8-4-5-10(15)13(6-8)18-7-9-11(16)2-1-3-12(9)17/h1-6,18H,7H2. The van der Waals surface area contributed by atoms with E-state index in [9.17, 15) is 8.78 Å². The van der Waals surface area contributed by atoms with Crippen molar-refractivity contribution in [1.82, 2.24) is 0 Å². The van der Waals surface area contributed by atoms with Gasteiger partial charge in [0.05, 0.1) is 10.7 Å². The number of anilines is 1. The topological polar surface area (TPSA) is 12.0 Å². The molecule has 0 spiro atoms. The molecule has 0 aromatic heterocycles. The lowest BCUT2D eigenvalue weighted by atomic mass is 10.2. The van der Waals surface area contributed by atoms with Crippen LogP contribution in [0.1, 0.15) is 5.56 Å². The Balaban J connectivity index is 2.19. The second-order valence-electron chi connectivity index (χ2n) is 3.68. The van der Waals surface area contributed by atoms with E-state index in [1.54, 1.807) is 18.2 Å². The van der Waals surface area contributed by atoms with Crippen LogP contribution in [0, 0.1) is 11.6 Å². The van der Waals surface area contributed by atoms with Gasteiger partial charge in [-0.3, -0.25) is 0 Å². The SMILES string of the molecule is Fc1cccc(F)c1CNc1cc(Cl)ccc1Cl. The van der Waals surface area contributed by atoms with Gasteiger partial charge in [-0.1, -0.05) is 29.3 Å². The van der Waals surface area contributed by atoms with Gasteiger partial charge in [-0.15, -0.1) is 0 Å². The van der Waals surface area contributed by atoms with Crippen molar-refractivity contribution in [2.45, 2.75) is 6.54 Å². The number of hydrogen-bond donors (Lipinski definition) is 1. The molecule has 0 radical (unpaired) electrons. The first kappa shape index (κ1) is 13.1. The van der Waals surface area contributed by atoms with Crippen LogP contribution in [0.4, 0.5) is 14.5 Å². The number of hydrogen-bond acceptors (Lipinski definition) is 1. The first-order chi connectivity index (χ1) is 8.58. The average molecular weight is 288 g/mol. The Hall–Kier alpha value is -1.32. The van der Waals surface area contributed by atoms with Crippen LogP contribution in [0.5, 0.6) is 0 Å². The molecule has 0 saturated heterocycles. The molecule has 18 heavy (non-hydrogen) atoms. The summed E-state index contributed by atoms with van der Waals surface area (Å²) in [6.07, 6.45) is 0. The molecule has 1 N–H and O–H groups in total. The van der Waals surface area contributed by atoms with Gasteiger partial charge < -0.3 is 5.32 Å². The van der Waals surface area contributed by atoms with E-state index in [0.717, 1.165) is 0 Å². The van der Waals surface area contributed by atoms with Crippen LogP contribution < -0.4 is 5.32 Å². The number of halogens is 4. The van der Waals surface area contributed by atoms with E-state index in [4.69, 9.17) is 23.2 Å². The minimum absolute atomic E-state index is 0.00142. The van der Waals surface area contributed by atoms with Gasteiger partial charge in [0, 0.05) is 17.1 Å². The molecule has 2 rings (SSSR count). The van der Waals surface area contributed by atoms with E-state index in [1.807, 2.05) is 0 Å². The molecule has 1 nitrogen and oxygen atoms in total. The largest absolute Gasteiger partial charge is 0.379 e. The first-order valence-corrected chi connectivity index (χ1v) is 5.95. The van der Waals surface area contributed by atoms with Gasteiger partial charge >= 0.3 is 0 Å². The molecule has 2 aromatic carbocycles. The van der Waals surface area contributed by atoms with Gasteiger partial charge in [0.25, 0.3) is 0 Å². The molecule has 0 aliphatic heterocycles. The molecule has 0 atom stereocenters. The average Bonchev–Trinajstić information content (AvgIpc) is 2.33. The van der Waals surface area contributed by atoms with Crippen LogP contribution >= 0.6 is 23.2 Å². The van der Waals surface area contributed by atoms with Crippen LogP contribution in [0.15, 0.2) is 36.4 Å². The summed E-state index contributed by atoms with van der Waals surface area (Å²) >= 11 is 11.7. The molecule has 0 heterocycles. The van der Waals surface area contributed by atoms with E-state index in [1.165, 1.54) is 18.2 Å². The van der Waals surface area contributed by atoms with E-state index in [0.29, 0.717) is 15.7 Å². The fraction of sp³-hybridized carbons (Fsp3) is 0.0769. The maximum Gasteiger partial charge on any atom is 0.131 e. The summed E-state index contributed by atoms with van der Waals surface area (Å²) < 4.78 is 26.8. The van der Waals surface area contributed by atoms with Crippen molar-refractivity contribution in [2.24, 2.45) is 0 Å². The smallest absolute Gasteiger partial charge is 0.131 e. The van der Waals surface area contributed by atoms with Gasteiger partial charge in [0.1, 0.15) is 11.6 Å². The Morgan fingerprint density at radius 3 is 2.33 bits per heavy atom. The number of benzene rings is 2. The van der Waals surface area contributed by atoms with Crippen molar-refractivity contribution in [1.29, 1.82) is 0 Å². The summed E-state index contributed by atoms with van der Waals surface area (Å²) in [5, 5.41) is 3.79. The molecule has 5 heteroatoms. The molecule has 0 fully saturated rings. The molecular weight excluding hydrogens is 279 g/mol. The minimum atomic E-state index is -0.597. The third-order valence-corrected chi connectivity index (χ3v) is 3.01. The molecule has 0 saturated carbocycles. The summed E-state index contributed by atoms with van der Waals surface area (Å²) in [5.41, 5.74) is 0.500. The zero-order chi connectivity index (χ0) is 13.1. The maximum atomic E-state index is 13.4. The predicted octanol–water partition coefficient (Wildman–Crippen LogP) is 4.88. The van der Waals surface area contributed by atoms with E-state index >= 15 is 0 Å². The highest BCUT2D eigenvalue weighted by Crippen LogP contribution is 2.26. The van der Waals surface area contributed by atoms with E-state index < -0.39 is 11.6 Å². The van der Waals surface area contributed by atoms with Crippen LogP contribution in [0.25, 0.3) is 0 Å². The fourth-order valence-corrected chi connectivity index (χ4v) is 1.87. The molecule has 0 amide bonds. The van der Waals surface area contributed by atoms with Crippen LogP contribution in [0.3, 0.4) is 0 Å². The molecule has 94 valence electrons. The summed E-state index contributed by atoms with van der Waals surface area (Å²) in [7, 11) is 0. The van der Waals surface area contributed by atoms with Crippen LogP contribution in [0.2, 0.25) is 10.0 Å². The second kappa shape index (κ2) is 5.55. The third kappa shape index (κ3) is 2.92. The van der Waals surface area contributed by atoms with E-state index in [2.05, 4.69) is 5.32 Å². The first-order valence-electron chi connectivity index (χ1n) is 5.20. The number of rotatable bonds is 3. The molecular formula is C13H9Cl2F2N. The van der Waals surface area contributed by atoms with Crippen LogP contribution in [-0.4, -0.2) is 0 Å². The van der Waals surface area contributed by atoms with Crippen LogP contribution in [-0.2, 0) is 6.54 Å². The summed E-state index contributed by atoms with van der Waals surface area (Å²) in [6, 6.07) is 8.59.